The SMILES string of the molecule is CN=C(NCCCOc1c(C)cccc1C)NCCc1cccc(C(=O)NC)c1.I. The highest BCUT2D eigenvalue weighted by Gasteiger charge is 2.05. The lowest BCUT2D eigenvalue weighted by Gasteiger charge is -2.14. The number of guanidine groups is 1. The van der Waals surface area contributed by atoms with Gasteiger partial charge < -0.3 is 20.7 Å². The Morgan fingerprint density at radius 2 is 1.70 bits per heavy atom. The van der Waals surface area contributed by atoms with Crippen molar-refractivity contribution in [1.29, 1.82) is 0 Å². The molecule has 164 valence electrons. The summed E-state index contributed by atoms with van der Waals surface area (Å²) in [5.74, 6) is 1.67. The summed E-state index contributed by atoms with van der Waals surface area (Å²) < 4.78 is 5.93. The molecular weight excluding hydrogens is 491 g/mol. The maximum Gasteiger partial charge on any atom is 0.251 e. The van der Waals surface area contributed by atoms with Gasteiger partial charge in [-0.05, 0) is 55.5 Å². The predicted molar refractivity (Wildman–Crippen MR) is 134 cm³/mol. The van der Waals surface area contributed by atoms with E-state index in [0.29, 0.717) is 12.2 Å². The van der Waals surface area contributed by atoms with Crippen molar-refractivity contribution in [3.8, 4) is 5.75 Å². The van der Waals surface area contributed by atoms with Gasteiger partial charge in [-0.25, -0.2) is 0 Å². The molecule has 0 aliphatic heterocycles. The van der Waals surface area contributed by atoms with E-state index in [2.05, 4.69) is 46.9 Å². The highest BCUT2D eigenvalue weighted by molar-refractivity contribution is 14.0. The Balaban J connectivity index is 0.00000450. The third-order valence-corrected chi connectivity index (χ3v) is 4.61. The molecule has 0 aliphatic rings. The van der Waals surface area contributed by atoms with Crippen LogP contribution < -0.4 is 20.7 Å². The molecule has 0 atom stereocenters. The predicted octanol–water partition coefficient (Wildman–Crippen LogP) is 3.46. The number of nitrogens with one attached hydrogen (secondary N) is 3. The van der Waals surface area contributed by atoms with E-state index in [0.717, 1.165) is 54.3 Å². The normalized spacial score (nSPS) is 10.7. The van der Waals surface area contributed by atoms with Gasteiger partial charge in [0.2, 0.25) is 0 Å². The molecule has 0 aromatic heterocycles. The van der Waals surface area contributed by atoms with Crippen molar-refractivity contribution in [1.82, 2.24) is 16.0 Å². The van der Waals surface area contributed by atoms with Crippen molar-refractivity contribution in [2.24, 2.45) is 4.99 Å². The summed E-state index contributed by atoms with van der Waals surface area (Å²) in [5.41, 5.74) is 4.11. The number of carbonyl (C=O) groups is 1. The van der Waals surface area contributed by atoms with E-state index in [1.807, 2.05) is 30.3 Å². The van der Waals surface area contributed by atoms with Gasteiger partial charge in [0.25, 0.3) is 5.91 Å². The van der Waals surface area contributed by atoms with Crippen molar-refractivity contribution >= 4 is 35.8 Å². The van der Waals surface area contributed by atoms with Crippen molar-refractivity contribution in [3.05, 3.63) is 64.7 Å². The third-order valence-electron chi connectivity index (χ3n) is 4.61. The molecule has 0 saturated heterocycles. The summed E-state index contributed by atoms with van der Waals surface area (Å²) in [4.78, 5) is 16.0. The summed E-state index contributed by atoms with van der Waals surface area (Å²) >= 11 is 0. The second-order valence-electron chi connectivity index (χ2n) is 6.88. The zero-order chi connectivity index (χ0) is 21.1. The molecule has 0 heterocycles. The van der Waals surface area contributed by atoms with Crippen LogP contribution in [0.4, 0.5) is 0 Å². The number of benzene rings is 2. The van der Waals surface area contributed by atoms with Crippen molar-refractivity contribution in [3.63, 3.8) is 0 Å². The number of aryl methyl sites for hydroxylation is 2. The molecule has 0 saturated carbocycles. The zero-order valence-electron chi connectivity index (χ0n) is 18.2. The summed E-state index contributed by atoms with van der Waals surface area (Å²) in [6, 6.07) is 13.8. The first-order chi connectivity index (χ1) is 14.0. The van der Waals surface area contributed by atoms with Crippen LogP contribution >= 0.6 is 24.0 Å². The van der Waals surface area contributed by atoms with Crippen LogP contribution in [0.5, 0.6) is 5.75 Å². The molecule has 0 unspecified atom stereocenters. The molecule has 0 fully saturated rings. The Morgan fingerprint density at radius 1 is 1.03 bits per heavy atom. The van der Waals surface area contributed by atoms with Crippen LogP contribution in [0, 0.1) is 13.8 Å². The summed E-state index contributed by atoms with van der Waals surface area (Å²) in [6.45, 7) is 6.29. The fourth-order valence-corrected chi connectivity index (χ4v) is 3.04. The lowest BCUT2D eigenvalue weighted by Crippen LogP contribution is -2.39. The summed E-state index contributed by atoms with van der Waals surface area (Å²) in [7, 11) is 3.40. The smallest absolute Gasteiger partial charge is 0.251 e. The van der Waals surface area contributed by atoms with E-state index in [-0.39, 0.29) is 29.9 Å². The van der Waals surface area contributed by atoms with Gasteiger partial charge in [-0.2, -0.15) is 0 Å². The minimum atomic E-state index is -0.0691. The van der Waals surface area contributed by atoms with Crippen LogP contribution in [0.25, 0.3) is 0 Å². The van der Waals surface area contributed by atoms with Crippen molar-refractivity contribution < 1.29 is 9.53 Å². The third kappa shape index (κ3) is 8.22. The molecule has 0 bridgehead atoms. The van der Waals surface area contributed by atoms with Crippen LogP contribution in [-0.2, 0) is 6.42 Å². The number of aliphatic imine (C=N–C) groups is 1. The average Bonchev–Trinajstić information content (AvgIpc) is 2.73. The Kier molecular flexibility index (Phi) is 11.9. The lowest BCUT2D eigenvalue weighted by atomic mass is 10.1. The van der Waals surface area contributed by atoms with Gasteiger partial charge in [0.15, 0.2) is 5.96 Å². The Labute approximate surface area is 196 Å². The number of para-hydroxylation sites is 1. The van der Waals surface area contributed by atoms with Gasteiger partial charge in [0.05, 0.1) is 6.61 Å². The first-order valence-corrected chi connectivity index (χ1v) is 9.99. The second kappa shape index (κ2) is 13.8. The summed E-state index contributed by atoms with van der Waals surface area (Å²) in [6.07, 6.45) is 1.68. The average molecular weight is 524 g/mol. The highest BCUT2D eigenvalue weighted by atomic mass is 127. The zero-order valence-corrected chi connectivity index (χ0v) is 20.6. The number of carbonyl (C=O) groups excluding carboxylic acids is 1. The number of halogens is 1. The number of hydrogen-bond donors (Lipinski definition) is 3. The van der Waals surface area contributed by atoms with Crippen molar-refractivity contribution in [2.45, 2.75) is 26.7 Å². The maximum atomic E-state index is 11.7. The van der Waals surface area contributed by atoms with E-state index < -0.39 is 0 Å². The van der Waals surface area contributed by atoms with Crippen molar-refractivity contribution in [2.75, 3.05) is 33.8 Å². The largest absolute Gasteiger partial charge is 0.493 e. The Morgan fingerprint density at radius 3 is 2.37 bits per heavy atom. The van der Waals surface area contributed by atoms with Crippen LogP contribution in [0.15, 0.2) is 47.5 Å². The van der Waals surface area contributed by atoms with Gasteiger partial charge in [0.1, 0.15) is 5.75 Å². The maximum absolute atomic E-state index is 11.7. The minimum absolute atomic E-state index is 0. The molecule has 0 aliphatic carbocycles. The number of rotatable bonds is 9. The van der Waals surface area contributed by atoms with Gasteiger partial charge in [-0.1, -0.05) is 30.3 Å². The first kappa shape index (κ1) is 25.7. The summed E-state index contributed by atoms with van der Waals surface area (Å²) in [5, 5.41) is 9.26. The molecule has 1 amide bonds. The highest BCUT2D eigenvalue weighted by Crippen LogP contribution is 2.22. The van der Waals surface area contributed by atoms with E-state index in [4.69, 9.17) is 4.74 Å². The van der Waals surface area contributed by atoms with E-state index >= 15 is 0 Å². The van der Waals surface area contributed by atoms with Crippen LogP contribution in [0.2, 0.25) is 0 Å². The number of hydrogen-bond acceptors (Lipinski definition) is 3. The molecule has 2 aromatic rings. The first-order valence-electron chi connectivity index (χ1n) is 9.99. The van der Waals surface area contributed by atoms with E-state index in [1.165, 1.54) is 0 Å². The molecule has 7 heteroatoms. The lowest BCUT2D eigenvalue weighted by molar-refractivity contribution is 0.0963. The minimum Gasteiger partial charge on any atom is -0.493 e. The van der Waals surface area contributed by atoms with Gasteiger partial charge >= 0.3 is 0 Å². The topological polar surface area (TPSA) is 74.8 Å². The molecular formula is C23H33IN4O2. The molecule has 2 rings (SSSR count). The fourth-order valence-electron chi connectivity index (χ4n) is 3.04. The second-order valence-corrected chi connectivity index (χ2v) is 6.88. The van der Waals surface area contributed by atoms with Crippen LogP contribution in [-0.4, -0.2) is 45.7 Å². The fraction of sp³-hybridized carbons (Fsp3) is 0.391. The number of amides is 1. The van der Waals surface area contributed by atoms with Crippen LogP contribution in [0.1, 0.15) is 33.5 Å². The molecule has 2 aromatic carbocycles. The van der Waals surface area contributed by atoms with Crippen LogP contribution in [0.3, 0.4) is 0 Å². The quantitative estimate of drug-likeness (QED) is 0.203. The van der Waals surface area contributed by atoms with E-state index in [1.54, 1.807) is 14.1 Å². The molecule has 0 radical (unpaired) electrons. The van der Waals surface area contributed by atoms with Gasteiger partial charge in [0, 0.05) is 32.7 Å². The Bertz CT molecular complexity index is 819. The van der Waals surface area contributed by atoms with Gasteiger partial charge in [-0.15, -0.1) is 24.0 Å². The molecule has 30 heavy (non-hydrogen) atoms. The Hall–Kier alpha value is -2.29. The van der Waals surface area contributed by atoms with Gasteiger partial charge in [-0.3, -0.25) is 9.79 Å². The molecule has 3 N–H and O–H groups in total. The molecule has 0 spiro atoms. The molecule has 6 nitrogen and oxygen atoms in total. The van der Waals surface area contributed by atoms with E-state index in [9.17, 15) is 4.79 Å². The standard InChI is InChI=1S/C23H32N4O2.HI/c1-17-8-5-9-18(2)21(17)29-15-7-13-26-23(25-4)27-14-12-19-10-6-11-20(16-19)22(28)24-3;/h5-6,8-11,16H,7,12-15H2,1-4H3,(H,24,28)(H2,25,26,27);1H. The number of nitrogens with zero attached hydrogens (tertiary/aromatic N) is 1. The number of ether oxygens (including phenoxy) is 1. The monoisotopic (exact) mass is 524 g/mol.